The maximum Gasteiger partial charge on any atom is 0.261 e. The normalized spacial score (nSPS) is 11.1. The summed E-state index contributed by atoms with van der Waals surface area (Å²) in [6, 6.07) is 34.4. The number of rotatable bonds is 15. The standard InChI is InChI=1S/C29H21F2N7O2.C29H20F2N4O2/c30-24-8-6-18(12-25(24)31)16-38-10-2-5-21(29(38)40)26(39)9-7-17-3-1-4-19(11-17)23-15-33-28-22(23)13-20(14-32-28)27-34-36-37-35-27;30-25-8-6-19(13-26(25)31)17-35-10-2-5-22(29(35)37)27(36)9-7-18-3-1-4-21(11-18)24-16-34-28-23(24)12-20(14-32)15-33-28/h1-6,8,10-15H,7,9,16H2,(H,32,33)(H,34,35,36,37);1-6,8,10-13,15-16H,7,9,17H2,(H,33,34). The van der Waals surface area contributed by atoms with Gasteiger partial charge in [0.1, 0.15) is 17.4 Å². The van der Waals surface area contributed by atoms with Crippen molar-refractivity contribution in [2.24, 2.45) is 0 Å². The second kappa shape index (κ2) is 22.1. The number of ketones is 2. The van der Waals surface area contributed by atoms with Crippen LogP contribution in [0.1, 0.15) is 61.4 Å². The van der Waals surface area contributed by atoms with Crippen LogP contribution < -0.4 is 11.1 Å². The maximum absolute atomic E-state index is 13.6. The zero-order valence-corrected chi connectivity index (χ0v) is 40.5. The fourth-order valence-corrected chi connectivity index (χ4v) is 8.94. The van der Waals surface area contributed by atoms with Crippen LogP contribution >= 0.6 is 0 Å². The van der Waals surface area contributed by atoms with Gasteiger partial charge < -0.3 is 19.1 Å². The number of aromatic amines is 3. The summed E-state index contributed by atoms with van der Waals surface area (Å²) in [5.41, 5.74) is 8.10. The monoisotopic (exact) mass is 1030 g/mol. The number of carbonyl (C=O) groups is 2. The molecule has 0 saturated heterocycles. The molecule has 0 aliphatic carbocycles. The number of tetrazole rings is 1. The number of H-pyrrole nitrogens is 3. The molecule has 0 spiro atoms. The van der Waals surface area contributed by atoms with Gasteiger partial charge in [-0.1, -0.05) is 60.7 Å². The first kappa shape index (κ1) is 50.3. The van der Waals surface area contributed by atoms with Gasteiger partial charge in [-0.15, -0.1) is 10.2 Å². The van der Waals surface area contributed by atoms with E-state index in [0.29, 0.717) is 46.7 Å². The van der Waals surface area contributed by atoms with E-state index in [4.69, 9.17) is 0 Å². The minimum Gasteiger partial charge on any atom is -0.346 e. The molecule has 19 heteroatoms. The van der Waals surface area contributed by atoms with Gasteiger partial charge in [-0.3, -0.25) is 19.2 Å². The Morgan fingerprint density at radius 3 is 1.57 bits per heavy atom. The Morgan fingerprint density at radius 2 is 1.08 bits per heavy atom. The van der Waals surface area contributed by atoms with E-state index in [1.165, 1.54) is 52.0 Å². The third-order valence-corrected chi connectivity index (χ3v) is 12.9. The predicted molar refractivity (Wildman–Crippen MR) is 279 cm³/mol. The average Bonchev–Trinajstić information content (AvgIpc) is 4.27. The van der Waals surface area contributed by atoms with Crippen LogP contribution in [0.3, 0.4) is 0 Å². The summed E-state index contributed by atoms with van der Waals surface area (Å²) in [7, 11) is 0. The van der Waals surface area contributed by atoms with Gasteiger partial charge in [0.05, 0.1) is 29.8 Å². The van der Waals surface area contributed by atoms with E-state index in [1.807, 2.05) is 67.0 Å². The number of Topliss-reactive ketones (excluding diaryl/α,β-unsaturated/α-hetero) is 2. The molecule has 4 aromatic carbocycles. The molecule has 0 amide bonds. The number of carbonyl (C=O) groups excluding carboxylic acids is 2. The Bertz CT molecular complexity index is 4200. The van der Waals surface area contributed by atoms with E-state index in [0.717, 1.165) is 74.0 Å². The summed E-state index contributed by atoms with van der Waals surface area (Å²) in [5, 5.41) is 25.0. The molecule has 0 atom stereocenters. The SMILES string of the molecule is N#Cc1cnc2[nH]cc(-c3cccc(CCC(=O)c4cccn(Cc5ccc(F)c(F)c5)c4=O)c3)c2c1.O=C(CCc1cccc(-c2c[nH]c3ncc(-c4nn[nH]n4)cc23)c1)c1cccn(Cc2ccc(F)c(F)c2)c1=O. The molecular formula is C58H41F4N11O4. The van der Waals surface area contributed by atoms with Crippen molar-refractivity contribution in [3.05, 3.63) is 241 Å². The molecule has 77 heavy (non-hydrogen) atoms. The highest BCUT2D eigenvalue weighted by molar-refractivity contribution is 5.98. The first-order valence-electron chi connectivity index (χ1n) is 24.0. The molecule has 7 heterocycles. The van der Waals surface area contributed by atoms with E-state index < -0.39 is 34.4 Å². The van der Waals surface area contributed by atoms with Crippen LogP contribution in [-0.2, 0) is 25.9 Å². The quantitative estimate of drug-likeness (QED) is 0.0653. The van der Waals surface area contributed by atoms with Crippen molar-refractivity contribution in [2.75, 3.05) is 0 Å². The molecule has 0 aliphatic heterocycles. The number of pyridine rings is 4. The van der Waals surface area contributed by atoms with Crippen molar-refractivity contribution in [2.45, 2.75) is 38.8 Å². The van der Waals surface area contributed by atoms with Crippen molar-refractivity contribution < 1.29 is 27.2 Å². The van der Waals surface area contributed by atoms with E-state index in [1.54, 1.807) is 24.4 Å². The smallest absolute Gasteiger partial charge is 0.261 e. The maximum atomic E-state index is 13.6. The summed E-state index contributed by atoms with van der Waals surface area (Å²) in [6.07, 6.45) is 11.0. The summed E-state index contributed by atoms with van der Waals surface area (Å²) < 4.78 is 56.2. The van der Waals surface area contributed by atoms with Crippen LogP contribution in [0.5, 0.6) is 0 Å². The van der Waals surface area contributed by atoms with Gasteiger partial charge in [0.2, 0.25) is 5.82 Å². The molecule has 7 aromatic heterocycles. The lowest BCUT2D eigenvalue weighted by atomic mass is 9.98. The number of fused-ring (bicyclic) bond motifs is 2. The van der Waals surface area contributed by atoms with Crippen LogP contribution in [-0.4, -0.2) is 61.3 Å². The lowest BCUT2D eigenvalue weighted by molar-refractivity contribution is 0.0973. The van der Waals surface area contributed by atoms with E-state index in [2.05, 4.69) is 46.6 Å². The van der Waals surface area contributed by atoms with Crippen LogP contribution in [0, 0.1) is 34.6 Å². The Kier molecular flexibility index (Phi) is 14.4. The molecule has 11 aromatic rings. The van der Waals surface area contributed by atoms with E-state index in [-0.39, 0.29) is 48.6 Å². The molecule has 15 nitrogen and oxygen atoms in total. The second-order valence-electron chi connectivity index (χ2n) is 17.9. The molecule has 0 fully saturated rings. The van der Waals surface area contributed by atoms with Gasteiger partial charge >= 0.3 is 0 Å². The van der Waals surface area contributed by atoms with Crippen LogP contribution in [0.2, 0.25) is 0 Å². The Balaban J connectivity index is 0.000000175. The van der Waals surface area contributed by atoms with Crippen LogP contribution in [0.15, 0.2) is 168 Å². The number of benzene rings is 4. The highest BCUT2D eigenvalue weighted by Crippen LogP contribution is 2.32. The van der Waals surface area contributed by atoms with Gasteiger partial charge in [-0.25, -0.2) is 27.5 Å². The highest BCUT2D eigenvalue weighted by atomic mass is 19.2. The zero-order valence-electron chi connectivity index (χ0n) is 40.5. The molecular weight excluding hydrogens is 991 g/mol. The molecule has 0 radical (unpaired) electrons. The summed E-state index contributed by atoms with van der Waals surface area (Å²) in [5.74, 6) is -4.05. The van der Waals surface area contributed by atoms with Gasteiger partial charge in [-0.2, -0.15) is 10.5 Å². The van der Waals surface area contributed by atoms with Crippen molar-refractivity contribution in [1.29, 1.82) is 5.26 Å². The Morgan fingerprint density at radius 1 is 0.558 bits per heavy atom. The fourth-order valence-electron chi connectivity index (χ4n) is 8.94. The average molecular weight is 1030 g/mol. The van der Waals surface area contributed by atoms with E-state index in [9.17, 15) is 42.0 Å². The Hall–Kier alpha value is -10.2. The number of aryl methyl sites for hydroxylation is 2. The fraction of sp³-hybridized carbons (Fsp3) is 0.103. The van der Waals surface area contributed by atoms with E-state index >= 15 is 0 Å². The molecule has 11 rings (SSSR count). The van der Waals surface area contributed by atoms with Gasteiger partial charge in [0.25, 0.3) is 11.1 Å². The minimum atomic E-state index is -0.991. The number of hydrogen-bond acceptors (Lipinski definition) is 10. The highest BCUT2D eigenvalue weighted by Gasteiger charge is 2.18. The molecule has 0 aliphatic rings. The predicted octanol–water partition coefficient (Wildman–Crippen LogP) is 10.1. The number of aromatic nitrogens is 10. The molecule has 3 N–H and O–H groups in total. The molecule has 380 valence electrons. The van der Waals surface area contributed by atoms with Crippen LogP contribution in [0.25, 0.3) is 55.7 Å². The van der Waals surface area contributed by atoms with Crippen molar-refractivity contribution in [3.63, 3.8) is 0 Å². The lowest BCUT2D eigenvalue weighted by Gasteiger charge is -2.09. The second-order valence-corrected chi connectivity index (χ2v) is 17.9. The third kappa shape index (κ3) is 11.2. The van der Waals surface area contributed by atoms with Crippen molar-refractivity contribution >= 4 is 33.6 Å². The van der Waals surface area contributed by atoms with Gasteiger partial charge in [-0.05, 0) is 112 Å². The number of halogens is 4. The van der Waals surface area contributed by atoms with Gasteiger partial charge in [0.15, 0.2) is 34.8 Å². The first-order chi connectivity index (χ1) is 37.4. The van der Waals surface area contributed by atoms with Crippen LogP contribution in [0.4, 0.5) is 17.6 Å². The summed E-state index contributed by atoms with van der Waals surface area (Å²) >= 11 is 0. The number of hydrogen-bond donors (Lipinski definition) is 3. The topological polar surface area (TPSA) is 214 Å². The minimum absolute atomic E-state index is 0.0200. The number of nitrogens with one attached hydrogen (secondary N) is 3. The van der Waals surface area contributed by atoms with Crippen molar-refractivity contribution in [3.8, 4) is 39.7 Å². The number of nitrogens with zero attached hydrogens (tertiary/aromatic N) is 8. The molecule has 0 unspecified atom stereocenters. The third-order valence-electron chi connectivity index (χ3n) is 12.9. The molecule has 0 saturated carbocycles. The lowest BCUT2D eigenvalue weighted by Crippen LogP contribution is -2.26. The zero-order chi connectivity index (χ0) is 53.6. The first-order valence-corrected chi connectivity index (χ1v) is 24.0. The molecule has 0 bridgehead atoms. The summed E-state index contributed by atoms with van der Waals surface area (Å²) in [6.45, 7) is 0.0410. The summed E-state index contributed by atoms with van der Waals surface area (Å²) in [4.78, 5) is 66.9. The van der Waals surface area contributed by atoms with Gasteiger partial charge in [0, 0.05) is 77.5 Å². The Labute approximate surface area is 434 Å². The number of nitriles is 1. The van der Waals surface area contributed by atoms with Crippen molar-refractivity contribution in [1.82, 2.24) is 49.7 Å². The largest absolute Gasteiger partial charge is 0.346 e.